The summed E-state index contributed by atoms with van der Waals surface area (Å²) in [7, 11) is 1.29. The quantitative estimate of drug-likeness (QED) is 0.331. The van der Waals surface area contributed by atoms with Crippen LogP contribution in [0.15, 0.2) is 53.9 Å². The van der Waals surface area contributed by atoms with Crippen LogP contribution in [0.5, 0.6) is 0 Å². The van der Waals surface area contributed by atoms with Crippen LogP contribution >= 0.6 is 0 Å². The van der Waals surface area contributed by atoms with Crippen molar-refractivity contribution in [2.75, 3.05) is 13.6 Å². The van der Waals surface area contributed by atoms with E-state index >= 15 is 0 Å². The van der Waals surface area contributed by atoms with Crippen LogP contribution in [0.25, 0.3) is 0 Å². The largest absolute Gasteiger partial charge is 0.416 e. The average molecular weight is 618 g/mol. The Morgan fingerprint density at radius 2 is 1.65 bits per heavy atom. The molecule has 236 valence electrons. The number of Topliss-reactive ketones (excluding diaryl/α,β-unsaturated/α-hetero) is 1. The molecule has 43 heavy (non-hydrogen) atoms. The van der Waals surface area contributed by atoms with Crippen LogP contribution in [0.4, 0.5) is 35.5 Å². The van der Waals surface area contributed by atoms with E-state index in [-0.39, 0.29) is 49.1 Å². The van der Waals surface area contributed by atoms with Gasteiger partial charge in [-0.3, -0.25) is 4.79 Å². The number of benzene rings is 1. The van der Waals surface area contributed by atoms with Gasteiger partial charge in [-0.05, 0) is 69.5 Å². The minimum Gasteiger partial charge on any atom is -0.353 e. The van der Waals surface area contributed by atoms with Gasteiger partial charge in [0.2, 0.25) is 5.91 Å². The normalized spacial score (nSPS) is 21.8. The first-order chi connectivity index (χ1) is 19.9. The number of nitrogens with one attached hydrogen (secondary N) is 1. The minimum absolute atomic E-state index is 0.00618. The maximum atomic E-state index is 14.1. The third kappa shape index (κ3) is 8.93. The summed E-state index contributed by atoms with van der Waals surface area (Å²) in [5, 5.41) is 2.87. The zero-order valence-electron chi connectivity index (χ0n) is 24.2. The molecular weight excluding hydrogens is 583 g/mol. The second kappa shape index (κ2) is 13.3. The number of ketones is 1. The van der Waals surface area contributed by atoms with Crippen molar-refractivity contribution in [1.29, 1.82) is 0 Å². The molecule has 6 nitrogen and oxygen atoms in total. The van der Waals surface area contributed by atoms with E-state index < -0.39 is 59.4 Å². The van der Waals surface area contributed by atoms with E-state index in [1.54, 1.807) is 19.1 Å². The number of carbonyl (C=O) groups is 3. The number of likely N-dealkylation sites (tertiary alicyclic amines) is 1. The third-order valence-corrected chi connectivity index (χ3v) is 7.68. The molecule has 1 aromatic rings. The van der Waals surface area contributed by atoms with Gasteiger partial charge >= 0.3 is 18.4 Å². The van der Waals surface area contributed by atoms with E-state index in [9.17, 15) is 45.1 Å². The van der Waals surface area contributed by atoms with Gasteiger partial charge in [0.15, 0.2) is 0 Å². The van der Waals surface area contributed by atoms with Crippen LogP contribution in [-0.4, -0.2) is 53.2 Å². The summed E-state index contributed by atoms with van der Waals surface area (Å²) >= 11 is 0. The molecule has 1 saturated heterocycles. The van der Waals surface area contributed by atoms with Gasteiger partial charge in [-0.2, -0.15) is 26.3 Å². The smallest absolute Gasteiger partial charge is 0.353 e. The van der Waals surface area contributed by atoms with E-state index in [1.165, 1.54) is 37.9 Å². The Kier molecular flexibility index (Phi) is 10.5. The molecule has 0 radical (unpaired) electrons. The Balaban J connectivity index is 1.91. The second-order valence-electron chi connectivity index (χ2n) is 11.0. The van der Waals surface area contributed by atoms with Crippen molar-refractivity contribution in [3.8, 4) is 0 Å². The lowest BCUT2D eigenvalue weighted by molar-refractivity contribution is -0.143. The molecule has 2 aliphatic rings. The predicted octanol–water partition coefficient (Wildman–Crippen LogP) is 7.14. The van der Waals surface area contributed by atoms with Crippen molar-refractivity contribution in [2.45, 2.75) is 76.9 Å². The summed E-state index contributed by atoms with van der Waals surface area (Å²) in [4.78, 5) is 40.0. The molecule has 1 N–H and O–H groups in total. The van der Waals surface area contributed by atoms with E-state index in [2.05, 4.69) is 5.32 Å². The Hall–Kier alpha value is -3.64. The zero-order chi connectivity index (χ0) is 32.3. The number of hydrogen-bond donors (Lipinski definition) is 1. The Morgan fingerprint density at radius 3 is 2.21 bits per heavy atom. The van der Waals surface area contributed by atoms with Gasteiger partial charge in [-0.1, -0.05) is 17.7 Å². The molecule has 0 aromatic heterocycles. The monoisotopic (exact) mass is 617 g/mol. The molecule has 4 atom stereocenters. The summed E-state index contributed by atoms with van der Waals surface area (Å²) in [5.41, 5.74) is -2.73. The summed E-state index contributed by atoms with van der Waals surface area (Å²) in [5.74, 6) is -1.51. The molecule has 1 aromatic carbocycles. The van der Waals surface area contributed by atoms with Crippen LogP contribution in [0.3, 0.4) is 0 Å². The number of amides is 3. The number of carbonyl (C=O) groups excluding carboxylic acids is 3. The second-order valence-corrected chi connectivity index (χ2v) is 11.0. The molecule has 1 aliphatic carbocycles. The van der Waals surface area contributed by atoms with Crippen molar-refractivity contribution in [1.82, 2.24) is 15.1 Å². The summed E-state index contributed by atoms with van der Waals surface area (Å²) in [6.45, 7) is 4.48. The molecule has 0 bridgehead atoms. The van der Waals surface area contributed by atoms with Gasteiger partial charge < -0.3 is 19.9 Å². The molecule has 1 heterocycles. The van der Waals surface area contributed by atoms with Crippen molar-refractivity contribution in [2.24, 2.45) is 5.92 Å². The van der Waals surface area contributed by atoms with E-state index in [0.29, 0.717) is 24.1 Å². The van der Waals surface area contributed by atoms with Gasteiger partial charge in [0, 0.05) is 44.4 Å². The van der Waals surface area contributed by atoms with E-state index in [1.807, 2.05) is 0 Å². The lowest BCUT2D eigenvalue weighted by atomic mass is 9.86. The van der Waals surface area contributed by atoms with Crippen LogP contribution in [-0.2, 0) is 21.9 Å². The summed E-state index contributed by atoms with van der Waals surface area (Å²) in [6, 6.07) is -1.63. The number of urea groups is 1. The number of halogens is 7. The first kappa shape index (κ1) is 33.9. The number of nitrogens with zero attached hydrogens (tertiary/aromatic N) is 2. The lowest BCUT2D eigenvalue weighted by Crippen LogP contribution is -2.56. The number of allylic oxidation sites excluding steroid dienone is 4. The average Bonchev–Trinajstić information content (AvgIpc) is 3.08. The van der Waals surface area contributed by atoms with Gasteiger partial charge in [0.25, 0.3) is 0 Å². The van der Waals surface area contributed by atoms with Crippen LogP contribution < -0.4 is 5.32 Å². The number of alkyl halides is 6. The van der Waals surface area contributed by atoms with Gasteiger partial charge in [-0.15, -0.1) is 0 Å². The van der Waals surface area contributed by atoms with Crippen molar-refractivity contribution >= 4 is 17.7 Å². The molecule has 3 amide bonds. The predicted molar refractivity (Wildman–Crippen MR) is 145 cm³/mol. The molecular formula is C30H34F7N3O3. The maximum absolute atomic E-state index is 14.1. The topological polar surface area (TPSA) is 69.7 Å². The highest BCUT2D eigenvalue weighted by atomic mass is 19.4. The maximum Gasteiger partial charge on any atom is 0.416 e. The summed E-state index contributed by atoms with van der Waals surface area (Å²) < 4.78 is 95.0. The Morgan fingerprint density at radius 1 is 1.05 bits per heavy atom. The highest BCUT2D eigenvalue weighted by Crippen LogP contribution is 2.39. The fourth-order valence-corrected chi connectivity index (χ4v) is 5.25. The minimum atomic E-state index is -5.04. The van der Waals surface area contributed by atoms with Crippen molar-refractivity contribution in [3.05, 3.63) is 70.6 Å². The standard InChI is InChI=1S/C30H34F7N3O3/c1-17-11-20(6-7-24(31)12-17)26-16-25(38-27(42)8-5-18(2)41)9-10-40(26)28(43)39(4)19(3)21-13-22(29(32,33)34)15-23(14-21)30(35,36)37/h6-7,11-15,19-20,25-26H,5,8-10,16H2,1-4H3,(H,38,42)/t19-,20?,25-,26+/m0/s1. The van der Waals surface area contributed by atoms with Crippen molar-refractivity contribution in [3.63, 3.8) is 0 Å². The molecule has 1 aliphatic heterocycles. The molecule has 0 spiro atoms. The highest BCUT2D eigenvalue weighted by Gasteiger charge is 2.40. The number of rotatable bonds is 7. The van der Waals surface area contributed by atoms with Gasteiger partial charge in [0.05, 0.1) is 17.2 Å². The molecule has 1 unspecified atom stereocenters. The number of hydrogen-bond acceptors (Lipinski definition) is 3. The molecule has 0 saturated carbocycles. The SMILES string of the molecule is CC(=O)CCC(=O)N[C@H]1CCN(C(=O)N(C)[C@@H](C)c2cc(C(F)(F)F)cc(C(F)(F)F)c2)[C@@H](C2C=CC(F)=CC(C)=C2)C1. The summed E-state index contributed by atoms with van der Waals surface area (Å²) in [6.07, 6.45) is -3.59. The molecule has 13 heteroatoms. The van der Waals surface area contributed by atoms with Gasteiger partial charge in [-0.25, -0.2) is 9.18 Å². The number of piperidine rings is 1. The first-order valence-electron chi connectivity index (χ1n) is 13.7. The fourth-order valence-electron chi connectivity index (χ4n) is 5.25. The molecule has 1 fully saturated rings. The third-order valence-electron chi connectivity index (χ3n) is 7.68. The van der Waals surface area contributed by atoms with E-state index in [0.717, 1.165) is 4.90 Å². The van der Waals surface area contributed by atoms with Crippen LogP contribution in [0.2, 0.25) is 0 Å². The van der Waals surface area contributed by atoms with Crippen LogP contribution in [0.1, 0.15) is 69.2 Å². The molecule has 3 rings (SSSR count). The zero-order valence-corrected chi connectivity index (χ0v) is 24.2. The highest BCUT2D eigenvalue weighted by molar-refractivity contribution is 5.83. The van der Waals surface area contributed by atoms with Crippen LogP contribution in [0, 0.1) is 5.92 Å². The van der Waals surface area contributed by atoms with Gasteiger partial charge in [0.1, 0.15) is 11.6 Å². The van der Waals surface area contributed by atoms with Crippen molar-refractivity contribution < 1.29 is 45.1 Å². The Bertz CT molecular complexity index is 1280. The first-order valence-corrected chi connectivity index (χ1v) is 13.7. The lowest BCUT2D eigenvalue weighted by Gasteiger charge is -2.44. The Labute approximate surface area is 245 Å². The van der Waals surface area contributed by atoms with E-state index in [4.69, 9.17) is 0 Å². The fraction of sp³-hybridized carbons (Fsp3) is 0.500.